The average Bonchev–Trinajstić information content (AvgIpc) is 2.25. The molecule has 1 aromatic rings. The molecule has 0 aromatic heterocycles. The molecule has 1 aromatic carbocycles. The van der Waals surface area contributed by atoms with E-state index < -0.39 is 39.3 Å². The topological polar surface area (TPSA) is 84.0 Å². The molecule has 0 radical (unpaired) electrons. The van der Waals surface area contributed by atoms with E-state index in [4.69, 9.17) is 5.26 Å². The van der Waals surface area contributed by atoms with Gasteiger partial charge in [0, 0.05) is 11.6 Å². The minimum atomic E-state index is -4.90. The monoisotopic (exact) mass is 258 g/mol. The van der Waals surface area contributed by atoms with E-state index in [0.717, 1.165) is 6.92 Å². The maximum absolute atomic E-state index is 12.6. The Kier molecular flexibility index (Phi) is 3.37. The number of carbonyl (C=O) groups excluding carboxylic acids is 1. The van der Waals surface area contributed by atoms with E-state index >= 15 is 0 Å². The van der Waals surface area contributed by atoms with Gasteiger partial charge in [0.1, 0.15) is 11.6 Å². The summed E-state index contributed by atoms with van der Waals surface area (Å²) in [6, 6.07) is 2.18. The van der Waals surface area contributed by atoms with E-state index in [2.05, 4.69) is 0 Å². The third kappa shape index (κ3) is 2.45. The summed E-state index contributed by atoms with van der Waals surface area (Å²) in [6.45, 7) is 0.886. The van der Waals surface area contributed by atoms with Gasteiger partial charge in [0.2, 0.25) is 0 Å². The van der Waals surface area contributed by atoms with Gasteiger partial charge >= 0.3 is 6.18 Å². The van der Waals surface area contributed by atoms with Crippen LogP contribution in [-0.2, 0) is 6.18 Å². The van der Waals surface area contributed by atoms with E-state index in [0.29, 0.717) is 6.07 Å². The maximum Gasteiger partial charge on any atom is 0.417 e. The third-order valence-corrected chi connectivity index (χ3v) is 2.14. The SMILES string of the molecule is CC(=O)c1cc(C#N)c([N+](=O)[O-])cc1C(F)(F)F. The van der Waals surface area contributed by atoms with Gasteiger partial charge in [-0.2, -0.15) is 18.4 Å². The quantitative estimate of drug-likeness (QED) is 0.463. The van der Waals surface area contributed by atoms with Crippen molar-refractivity contribution in [1.82, 2.24) is 0 Å². The number of hydrogen-bond donors (Lipinski definition) is 0. The Morgan fingerprint density at radius 1 is 1.44 bits per heavy atom. The van der Waals surface area contributed by atoms with Gasteiger partial charge in [0.15, 0.2) is 5.78 Å². The summed E-state index contributed by atoms with van der Waals surface area (Å²) < 4.78 is 37.9. The van der Waals surface area contributed by atoms with Gasteiger partial charge in [-0.05, 0) is 13.0 Å². The van der Waals surface area contributed by atoms with Crippen molar-refractivity contribution in [2.24, 2.45) is 0 Å². The van der Waals surface area contributed by atoms with Gasteiger partial charge < -0.3 is 0 Å². The van der Waals surface area contributed by atoms with Crippen LogP contribution in [0.2, 0.25) is 0 Å². The first kappa shape index (κ1) is 13.6. The standard InChI is InChI=1S/C10H5F3N2O3/c1-5(16)7-2-6(4-14)9(15(17)18)3-8(7)10(11,12)13/h2-3H,1H3. The summed E-state index contributed by atoms with van der Waals surface area (Å²) in [5.41, 5.74) is -3.74. The van der Waals surface area contributed by atoms with Crippen molar-refractivity contribution in [3.63, 3.8) is 0 Å². The lowest BCUT2D eigenvalue weighted by atomic mass is 9.99. The predicted molar refractivity (Wildman–Crippen MR) is 52.8 cm³/mol. The first-order valence-corrected chi connectivity index (χ1v) is 4.49. The molecule has 8 heteroatoms. The molecule has 94 valence electrons. The number of nitrogens with zero attached hydrogens (tertiary/aromatic N) is 2. The number of nitriles is 1. The highest BCUT2D eigenvalue weighted by Crippen LogP contribution is 2.36. The van der Waals surface area contributed by atoms with E-state index in [-0.39, 0.29) is 6.07 Å². The van der Waals surface area contributed by atoms with Crippen LogP contribution in [-0.4, -0.2) is 10.7 Å². The van der Waals surface area contributed by atoms with E-state index in [1.807, 2.05) is 0 Å². The Labute approximate surface area is 98.6 Å². The lowest BCUT2D eigenvalue weighted by Gasteiger charge is -2.11. The molecule has 0 saturated carbocycles. The summed E-state index contributed by atoms with van der Waals surface area (Å²) in [4.78, 5) is 20.5. The Morgan fingerprint density at radius 2 is 2.00 bits per heavy atom. The van der Waals surface area contributed by atoms with Gasteiger partial charge in [0.25, 0.3) is 5.69 Å². The van der Waals surface area contributed by atoms with Gasteiger partial charge in [0.05, 0.1) is 10.5 Å². The molecule has 0 aliphatic heterocycles. The molecule has 0 atom stereocenters. The fraction of sp³-hybridized carbons (Fsp3) is 0.200. The molecule has 0 aliphatic rings. The van der Waals surface area contributed by atoms with Crippen molar-refractivity contribution in [2.45, 2.75) is 13.1 Å². The number of rotatable bonds is 2. The molecular weight excluding hydrogens is 253 g/mol. The summed E-state index contributed by atoms with van der Waals surface area (Å²) in [6.07, 6.45) is -4.90. The molecule has 0 aliphatic carbocycles. The minimum absolute atomic E-state index is 0.204. The molecule has 0 unspecified atom stereocenters. The molecular formula is C10H5F3N2O3. The number of hydrogen-bond acceptors (Lipinski definition) is 4. The zero-order valence-corrected chi connectivity index (χ0v) is 8.91. The van der Waals surface area contributed by atoms with E-state index in [1.165, 1.54) is 6.07 Å². The van der Waals surface area contributed by atoms with Crippen molar-refractivity contribution in [2.75, 3.05) is 0 Å². The molecule has 0 saturated heterocycles. The average molecular weight is 258 g/mol. The van der Waals surface area contributed by atoms with E-state index in [1.54, 1.807) is 0 Å². The summed E-state index contributed by atoms with van der Waals surface area (Å²) in [7, 11) is 0. The molecule has 0 spiro atoms. The Hall–Kier alpha value is -2.43. The van der Waals surface area contributed by atoms with Gasteiger partial charge in [-0.15, -0.1) is 0 Å². The minimum Gasteiger partial charge on any atom is -0.294 e. The smallest absolute Gasteiger partial charge is 0.294 e. The van der Waals surface area contributed by atoms with Crippen molar-refractivity contribution >= 4 is 11.5 Å². The van der Waals surface area contributed by atoms with Crippen LogP contribution in [0.3, 0.4) is 0 Å². The fourth-order valence-electron chi connectivity index (χ4n) is 1.35. The van der Waals surface area contributed by atoms with Crippen molar-refractivity contribution in [1.29, 1.82) is 5.26 Å². The highest BCUT2D eigenvalue weighted by Gasteiger charge is 2.37. The number of halogens is 3. The molecule has 0 heterocycles. The lowest BCUT2D eigenvalue weighted by Crippen LogP contribution is -2.13. The Balaban J connectivity index is 3.70. The molecule has 0 bridgehead atoms. The number of carbonyl (C=O) groups is 1. The predicted octanol–water partition coefficient (Wildman–Crippen LogP) is 2.69. The van der Waals surface area contributed by atoms with Crippen molar-refractivity contribution < 1.29 is 22.9 Å². The highest BCUT2D eigenvalue weighted by molar-refractivity contribution is 5.96. The van der Waals surface area contributed by atoms with Crippen LogP contribution >= 0.6 is 0 Å². The zero-order chi connectivity index (χ0) is 14.1. The van der Waals surface area contributed by atoms with Crippen molar-refractivity contribution in [3.8, 4) is 6.07 Å². The third-order valence-electron chi connectivity index (χ3n) is 2.14. The van der Waals surface area contributed by atoms with Crippen LogP contribution in [0.15, 0.2) is 12.1 Å². The van der Waals surface area contributed by atoms with Gasteiger partial charge in [-0.3, -0.25) is 14.9 Å². The number of nitro benzene ring substituents is 1. The lowest BCUT2D eigenvalue weighted by molar-refractivity contribution is -0.385. The molecule has 1 rings (SSSR count). The highest BCUT2D eigenvalue weighted by atomic mass is 19.4. The van der Waals surface area contributed by atoms with Crippen LogP contribution in [0, 0.1) is 21.4 Å². The number of ketones is 1. The van der Waals surface area contributed by atoms with Crippen LogP contribution in [0.1, 0.15) is 28.4 Å². The largest absolute Gasteiger partial charge is 0.417 e. The van der Waals surface area contributed by atoms with E-state index in [9.17, 15) is 28.1 Å². The van der Waals surface area contributed by atoms with Crippen LogP contribution in [0.25, 0.3) is 0 Å². The number of benzene rings is 1. The number of alkyl halides is 3. The fourth-order valence-corrected chi connectivity index (χ4v) is 1.35. The summed E-state index contributed by atoms with van der Waals surface area (Å²) in [5.74, 6) is -0.922. The van der Waals surface area contributed by atoms with Crippen LogP contribution < -0.4 is 0 Å². The van der Waals surface area contributed by atoms with Gasteiger partial charge in [-0.1, -0.05) is 0 Å². The summed E-state index contributed by atoms with van der Waals surface area (Å²) in [5, 5.41) is 19.2. The first-order valence-electron chi connectivity index (χ1n) is 4.49. The zero-order valence-electron chi connectivity index (χ0n) is 8.91. The van der Waals surface area contributed by atoms with Crippen LogP contribution in [0.5, 0.6) is 0 Å². The number of Topliss-reactive ketones (excluding diaryl/α,β-unsaturated/α-hetero) is 1. The molecule has 0 fully saturated rings. The Bertz CT molecular complexity index is 573. The molecule has 0 amide bonds. The van der Waals surface area contributed by atoms with Gasteiger partial charge in [-0.25, -0.2) is 0 Å². The normalized spacial score (nSPS) is 10.8. The maximum atomic E-state index is 12.6. The summed E-state index contributed by atoms with van der Waals surface area (Å²) >= 11 is 0. The Morgan fingerprint density at radius 3 is 2.33 bits per heavy atom. The van der Waals surface area contributed by atoms with Crippen molar-refractivity contribution in [3.05, 3.63) is 38.9 Å². The first-order chi connectivity index (χ1) is 8.18. The number of nitro groups is 1. The van der Waals surface area contributed by atoms with Crippen LogP contribution in [0.4, 0.5) is 18.9 Å². The molecule has 18 heavy (non-hydrogen) atoms. The molecule has 0 N–H and O–H groups in total. The second kappa shape index (κ2) is 4.44. The molecule has 5 nitrogen and oxygen atoms in total. The second-order valence-electron chi connectivity index (χ2n) is 3.34. The second-order valence-corrected chi connectivity index (χ2v) is 3.34.